The number of hydrogen-bond donors (Lipinski definition) is 2. The Kier molecular flexibility index (Phi) is 10.2. The molecule has 33 heavy (non-hydrogen) atoms. The second-order valence-corrected chi connectivity index (χ2v) is 11.5. The SMILES string of the molecule is CC(O)CN(CC[C@H]1CC[C@H](CN(C)S(=O)(=O)c2ccc(C(F)(F)F)cc2)CC1)CC(C)O. The van der Waals surface area contributed by atoms with E-state index < -0.39 is 34.0 Å². The summed E-state index contributed by atoms with van der Waals surface area (Å²) in [4.78, 5) is 1.94. The Bertz CT molecular complexity index is 811. The van der Waals surface area contributed by atoms with Crippen LogP contribution < -0.4 is 0 Å². The highest BCUT2D eigenvalue weighted by atomic mass is 32.2. The molecule has 2 rings (SSSR count). The van der Waals surface area contributed by atoms with Crippen LogP contribution in [0.1, 0.15) is 51.5 Å². The summed E-state index contributed by atoms with van der Waals surface area (Å²) in [5.41, 5.74) is -0.872. The van der Waals surface area contributed by atoms with Crippen LogP contribution in [-0.4, -0.2) is 73.3 Å². The third-order valence-corrected chi connectivity index (χ3v) is 8.11. The minimum Gasteiger partial charge on any atom is -0.392 e. The maximum Gasteiger partial charge on any atom is 0.416 e. The summed E-state index contributed by atoms with van der Waals surface area (Å²) in [7, 11) is -2.37. The molecule has 0 radical (unpaired) electrons. The number of alkyl halides is 3. The molecule has 10 heteroatoms. The number of aliphatic hydroxyl groups excluding tert-OH is 2. The normalized spacial score (nSPS) is 22.0. The predicted molar refractivity (Wildman–Crippen MR) is 121 cm³/mol. The molecule has 0 aromatic heterocycles. The maximum atomic E-state index is 12.8. The summed E-state index contributed by atoms with van der Waals surface area (Å²) in [5, 5.41) is 19.3. The lowest BCUT2D eigenvalue weighted by molar-refractivity contribution is -0.137. The highest BCUT2D eigenvalue weighted by molar-refractivity contribution is 7.89. The molecule has 1 saturated carbocycles. The van der Waals surface area contributed by atoms with Gasteiger partial charge in [-0.15, -0.1) is 0 Å². The number of nitrogens with zero attached hydrogens (tertiary/aromatic N) is 2. The third-order valence-electron chi connectivity index (χ3n) is 6.27. The first-order chi connectivity index (χ1) is 15.3. The highest BCUT2D eigenvalue weighted by Crippen LogP contribution is 2.33. The average molecular weight is 495 g/mol. The fourth-order valence-corrected chi connectivity index (χ4v) is 5.78. The Hall–Kier alpha value is -1.20. The largest absolute Gasteiger partial charge is 0.416 e. The molecule has 190 valence electrons. The highest BCUT2D eigenvalue weighted by Gasteiger charge is 2.32. The van der Waals surface area contributed by atoms with Crippen molar-refractivity contribution >= 4 is 10.0 Å². The van der Waals surface area contributed by atoms with Gasteiger partial charge >= 0.3 is 6.18 Å². The van der Waals surface area contributed by atoms with Crippen molar-refractivity contribution in [2.75, 3.05) is 33.2 Å². The van der Waals surface area contributed by atoms with E-state index in [9.17, 15) is 31.8 Å². The number of rotatable bonds is 11. The first-order valence-corrected chi connectivity index (χ1v) is 12.9. The predicted octanol–water partition coefficient (Wildman–Crippen LogP) is 3.59. The van der Waals surface area contributed by atoms with Crippen LogP contribution in [0.25, 0.3) is 0 Å². The van der Waals surface area contributed by atoms with Gasteiger partial charge in [0.1, 0.15) is 0 Å². The average Bonchev–Trinajstić information content (AvgIpc) is 2.71. The molecule has 0 amide bonds. The Balaban J connectivity index is 1.84. The van der Waals surface area contributed by atoms with E-state index in [-0.39, 0.29) is 10.8 Å². The number of halogens is 3. The molecule has 2 atom stereocenters. The number of benzene rings is 1. The van der Waals surface area contributed by atoms with Gasteiger partial charge in [0.15, 0.2) is 0 Å². The van der Waals surface area contributed by atoms with Crippen LogP contribution in [0, 0.1) is 11.8 Å². The molecule has 6 nitrogen and oxygen atoms in total. The third kappa shape index (κ3) is 8.83. The molecule has 2 N–H and O–H groups in total. The van der Waals surface area contributed by atoms with Gasteiger partial charge in [-0.1, -0.05) is 12.8 Å². The smallest absolute Gasteiger partial charge is 0.392 e. The van der Waals surface area contributed by atoms with Gasteiger partial charge in [-0.05, 0) is 75.8 Å². The Labute approximate surface area is 195 Å². The summed E-state index contributed by atoms with van der Waals surface area (Å²) in [6.07, 6.45) is -0.702. The molecule has 0 spiro atoms. The molecular weight excluding hydrogens is 457 g/mol. The van der Waals surface area contributed by atoms with Crippen molar-refractivity contribution in [1.29, 1.82) is 0 Å². The topological polar surface area (TPSA) is 81.1 Å². The van der Waals surface area contributed by atoms with E-state index in [0.29, 0.717) is 25.6 Å². The van der Waals surface area contributed by atoms with E-state index in [1.165, 1.54) is 11.4 Å². The molecule has 1 aliphatic carbocycles. The van der Waals surface area contributed by atoms with Gasteiger partial charge in [0.25, 0.3) is 0 Å². The summed E-state index contributed by atoms with van der Waals surface area (Å²) >= 11 is 0. The molecule has 0 aliphatic heterocycles. The lowest BCUT2D eigenvalue weighted by Crippen LogP contribution is -2.38. The van der Waals surface area contributed by atoms with Gasteiger partial charge in [-0.3, -0.25) is 4.90 Å². The van der Waals surface area contributed by atoms with Gasteiger partial charge in [0.05, 0.1) is 22.7 Å². The molecule has 1 aliphatic rings. The Morgan fingerprint density at radius 2 is 1.45 bits per heavy atom. The standard InChI is InChI=1S/C23H37F3N2O4S/c1-17(29)14-28(15-18(2)30)13-12-19-4-6-20(7-5-19)16-27(3)33(31,32)22-10-8-21(9-11-22)23(24,25)26/h8-11,17-20,29-30H,4-7,12-16H2,1-3H3/t17?,18?,19-,20-. The first kappa shape index (κ1) is 28.0. The van der Waals surface area contributed by atoms with Crippen LogP contribution in [0.15, 0.2) is 29.2 Å². The quantitative estimate of drug-likeness (QED) is 0.492. The van der Waals surface area contributed by atoms with E-state index in [2.05, 4.69) is 4.90 Å². The Morgan fingerprint density at radius 1 is 0.970 bits per heavy atom. The van der Waals surface area contributed by atoms with E-state index >= 15 is 0 Å². The van der Waals surface area contributed by atoms with Crippen LogP contribution in [0.2, 0.25) is 0 Å². The van der Waals surface area contributed by atoms with Crippen molar-refractivity contribution in [1.82, 2.24) is 9.21 Å². The molecule has 0 saturated heterocycles. The van der Waals surface area contributed by atoms with E-state index in [4.69, 9.17) is 0 Å². The maximum absolute atomic E-state index is 12.8. The molecule has 0 heterocycles. The molecule has 1 fully saturated rings. The summed E-state index contributed by atoms with van der Waals surface area (Å²) < 4.78 is 65.0. The number of aliphatic hydroxyl groups is 2. The lowest BCUT2D eigenvalue weighted by Gasteiger charge is -2.32. The van der Waals surface area contributed by atoms with Gasteiger partial charge in [-0.2, -0.15) is 13.2 Å². The van der Waals surface area contributed by atoms with Crippen LogP contribution in [-0.2, 0) is 16.2 Å². The van der Waals surface area contributed by atoms with Crippen LogP contribution in [0.3, 0.4) is 0 Å². The van der Waals surface area contributed by atoms with Crippen LogP contribution in [0.5, 0.6) is 0 Å². The molecule has 1 aromatic carbocycles. The fraction of sp³-hybridized carbons (Fsp3) is 0.739. The van der Waals surface area contributed by atoms with Gasteiger partial charge < -0.3 is 10.2 Å². The minimum atomic E-state index is -4.50. The molecule has 1 aromatic rings. The zero-order chi connectivity index (χ0) is 24.8. The van der Waals surface area contributed by atoms with Crippen molar-refractivity contribution < 1.29 is 31.8 Å². The second-order valence-electron chi connectivity index (χ2n) is 9.44. The van der Waals surface area contributed by atoms with Crippen molar-refractivity contribution in [3.8, 4) is 0 Å². The monoisotopic (exact) mass is 494 g/mol. The second kappa shape index (κ2) is 12.0. The van der Waals surface area contributed by atoms with Gasteiger partial charge in [0.2, 0.25) is 10.0 Å². The lowest BCUT2D eigenvalue weighted by atomic mass is 9.80. The van der Waals surface area contributed by atoms with Gasteiger partial charge in [-0.25, -0.2) is 12.7 Å². The van der Waals surface area contributed by atoms with Crippen LogP contribution >= 0.6 is 0 Å². The van der Waals surface area contributed by atoms with Crippen molar-refractivity contribution in [2.24, 2.45) is 11.8 Å². The van der Waals surface area contributed by atoms with Crippen molar-refractivity contribution in [3.63, 3.8) is 0 Å². The van der Waals surface area contributed by atoms with E-state index in [1.54, 1.807) is 13.8 Å². The molecule has 0 bridgehead atoms. The summed E-state index contributed by atoms with van der Waals surface area (Å²) in [5.74, 6) is 0.727. The van der Waals surface area contributed by atoms with Crippen molar-refractivity contribution in [3.05, 3.63) is 29.8 Å². The zero-order valence-corrected chi connectivity index (χ0v) is 20.4. The number of hydrogen-bond acceptors (Lipinski definition) is 5. The first-order valence-electron chi connectivity index (χ1n) is 11.5. The van der Waals surface area contributed by atoms with Crippen molar-refractivity contribution in [2.45, 2.75) is 69.2 Å². The number of sulfonamides is 1. The van der Waals surface area contributed by atoms with E-state index in [1.807, 2.05) is 0 Å². The summed E-state index contributed by atoms with van der Waals surface area (Å²) in [6, 6.07) is 3.62. The van der Waals surface area contributed by atoms with Crippen LogP contribution in [0.4, 0.5) is 13.2 Å². The minimum absolute atomic E-state index is 0.136. The zero-order valence-electron chi connectivity index (χ0n) is 19.6. The Morgan fingerprint density at radius 3 is 1.91 bits per heavy atom. The van der Waals surface area contributed by atoms with E-state index in [0.717, 1.165) is 62.9 Å². The molecule has 2 unspecified atom stereocenters. The summed E-state index contributed by atoms with van der Waals surface area (Å²) in [6.45, 7) is 5.64. The molecular formula is C23H37F3N2O4S. The fourth-order valence-electron chi connectivity index (χ4n) is 4.53. The van der Waals surface area contributed by atoms with Gasteiger partial charge in [0, 0.05) is 26.7 Å².